The van der Waals surface area contributed by atoms with E-state index in [1.54, 1.807) is 11.2 Å². The number of morpholine rings is 1. The Morgan fingerprint density at radius 3 is 2.52 bits per heavy atom. The lowest BCUT2D eigenvalue weighted by Gasteiger charge is -2.35. The third-order valence-corrected chi connectivity index (χ3v) is 7.36. The number of likely N-dealkylation sites (tertiary alicyclic amines) is 1. The smallest absolute Gasteiger partial charge is 0.307 e. The zero-order valence-electron chi connectivity index (χ0n) is 15.3. The van der Waals surface area contributed by atoms with Gasteiger partial charge in [-0.1, -0.05) is 6.92 Å². The Balaban J connectivity index is 1.94. The standard InChI is InChI=1S/C16H31N3O5S/c1-3-5-19(8-7-17-6-4-15(13-17)16(20)21)25(22,23)14(2)18-9-11-24-12-10-18/h14-15H,3-13H2,1-2H3,(H,20,21). The molecule has 0 saturated carbocycles. The molecule has 2 rings (SSSR count). The molecule has 2 unspecified atom stereocenters. The number of ether oxygens (including phenoxy) is 1. The average molecular weight is 378 g/mol. The minimum Gasteiger partial charge on any atom is -0.481 e. The van der Waals surface area contributed by atoms with Gasteiger partial charge in [0.15, 0.2) is 0 Å². The molecule has 0 aromatic carbocycles. The Morgan fingerprint density at radius 2 is 1.96 bits per heavy atom. The SMILES string of the molecule is CCCN(CCN1CCC(C(=O)O)C1)S(=O)(=O)C(C)N1CCOCC1. The maximum atomic E-state index is 13.0. The molecule has 9 heteroatoms. The van der Waals surface area contributed by atoms with Crippen molar-refractivity contribution < 1.29 is 23.1 Å². The van der Waals surface area contributed by atoms with E-state index in [9.17, 15) is 13.2 Å². The number of nitrogens with zero attached hydrogens (tertiary/aromatic N) is 3. The molecular formula is C16H31N3O5S. The maximum Gasteiger partial charge on any atom is 0.307 e. The summed E-state index contributed by atoms with van der Waals surface area (Å²) in [6, 6.07) is 0. The Morgan fingerprint density at radius 1 is 1.28 bits per heavy atom. The first kappa shape index (κ1) is 20.6. The highest BCUT2D eigenvalue weighted by Gasteiger charge is 2.34. The van der Waals surface area contributed by atoms with Crippen LogP contribution in [0.15, 0.2) is 0 Å². The molecule has 0 spiro atoms. The van der Waals surface area contributed by atoms with Gasteiger partial charge in [-0.05, 0) is 26.3 Å². The monoisotopic (exact) mass is 377 g/mol. The second kappa shape index (κ2) is 9.27. The summed E-state index contributed by atoms with van der Waals surface area (Å²) in [5.41, 5.74) is 0. The van der Waals surface area contributed by atoms with E-state index in [4.69, 9.17) is 9.84 Å². The van der Waals surface area contributed by atoms with E-state index in [1.807, 2.05) is 11.8 Å². The molecular weight excluding hydrogens is 346 g/mol. The van der Waals surface area contributed by atoms with Crippen LogP contribution in [0, 0.1) is 5.92 Å². The third kappa shape index (κ3) is 5.37. The zero-order chi connectivity index (χ0) is 18.4. The lowest BCUT2D eigenvalue weighted by atomic mass is 10.1. The molecule has 0 radical (unpaired) electrons. The van der Waals surface area contributed by atoms with Crippen LogP contribution in [0.3, 0.4) is 0 Å². The number of rotatable bonds is 9. The van der Waals surface area contributed by atoms with Crippen LogP contribution in [0.4, 0.5) is 0 Å². The van der Waals surface area contributed by atoms with Crippen molar-refractivity contribution in [2.24, 2.45) is 5.92 Å². The summed E-state index contributed by atoms with van der Waals surface area (Å²) < 4.78 is 32.9. The molecule has 1 N–H and O–H groups in total. The van der Waals surface area contributed by atoms with Crippen LogP contribution in [-0.4, -0.2) is 98.0 Å². The van der Waals surface area contributed by atoms with Crippen LogP contribution >= 0.6 is 0 Å². The molecule has 2 fully saturated rings. The number of carboxylic acid groups (broad SMARTS) is 1. The molecule has 0 aromatic heterocycles. The minimum absolute atomic E-state index is 0.330. The molecule has 0 aromatic rings. The summed E-state index contributed by atoms with van der Waals surface area (Å²) >= 11 is 0. The van der Waals surface area contributed by atoms with Gasteiger partial charge < -0.3 is 14.7 Å². The first-order valence-electron chi connectivity index (χ1n) is 9.12. The molecule has 2 saturated heterocycles. The fourth-order valence-electron chi connectivity index (χ4n) is 3.45. The largest absolute Gasteiger partial charge is 0.481 e. The molecule has 0 aliphatic carbocycles. The van der Waals surface area contributed by atoms with Gasteiger partial charge in [0.1, 0.15) is 5.37 Å². The summed E-state index contributed by atoms with van der Waals surface area (Å²) in [5, 5.41) is 8.53. The lowest BCUT2D eigenvalue weighted by Crippen LogP contribution is -2.51. The molecule has 2 atom stereocenters. The van der Waals surface area contributed by atoms with Gasteiger partial charge in [-0.2, -0.15) is 4.31 Å². The summed E-state index contributed by atoms with van der Waals surface area (Å²) in [4.78, 5) is 15.1. The van der Waals surface area contributed by atoms with Gasteiger partial charge in [-0.15, -0.1) is 0 Å². The predicted octanol–water partition coefficient (Wildman–Crippen LogP) is 0.113. The van der Waals surface area contributed by atoms with Crippen LogP contribution in [0.2, 0.25) is 0 Å². The second-order valence-corrected chi connectivity index (χ2v) is 9.04. The van der Waals surface area contributed by atoms with E-state index in [0.717, 1.165) is 13.0 Å². The third-order valence-electron chi connectivity index (χ3n) is 5.11. The molecule has 0 amide bonds. The van der Waals surface area contributed by atoms with E-state index < -0.39 is 21.4 Å². The van der Waals surface area contributed by atoms with Gasteiger partial charge in [0, 0.05) is 39.3 Å². The Bertz CT molecular complexity index is 536. The number of carboxylic acids is 1. The van der Waals surface area contributed by atoms with Crippen LogP contribution in [0.5, 0.6) is 0 Å². The predicted molar refractivity (Wildman–Crippen MR) is 94.8 cm³/mol. The van der Waals surface area contributed by atoms with Crippen molar-refractivity contribution in [3.8, 4) is 0 Å². The molecule has 8 nitrogen and oxygen atoms in total. The number of sulfonamides is 1. The topological polar surface area (TPSA) is 90.4 Å². The van der Waals surface area contributed by atoms with Crippen LogP contribution < -0.4 is 0 Å². The quantitative estimate of drug-likeness (QED) is 0.610. The van der Waals surface area contributed by atoms with Crippen LogP contribution in [0.25, 0.3) is 0 Å². The van der Waals surface area contributed by atoms with E-state index in [0.29, 0.717) is 58.9 Å². The lowest BCUT2D eigenvalue weighted by molar-refractivity contribution is -0.141. The number of hydrogen-bond donors (Lipinski definition) is 1. The van der Waals surface area contributed by atoms with Gasteiger partial charge in [-0.25, -0.2) is 8.42 Å². The van der Waals surface area contributed by atoms with E-state index in [1.165, 1.54) is 0 Å². The minimum atomic E-state index is -3.42. The highest BCUT2D eigenvalue weighted by Crippen LogP contribution is 2.18. The molecule has 146 valence electrons. The number of hydrogen-bond acceptors (Lipinski definition) is 6. The molecule has 2 heterocycles. The number of aliphatic carboxylic acids is 1. The molecule has 0 bridgehead atoms. The highest BCUT2D eigenvalue weighted by atomic mass is 32.2. The average Bonchev–Trinajstić information content (AvgIpc) is 3.07. The van der Waals surface area contributed by atoms with Crippen molar-refractivity contribution in [3.63, 3.8) is 0 Å². The van der Waals surface area contributed by atoms with Gasteiger partial charge in [0.2, 0.25) is 10.0 Å². The summed E-state index contributed by atoms with van der Waals surface area (Å²) in [7, 11) is -3.42. The van der Waals surface area contributed by atoms with Crippen molar-refractivity contribution in [2.45, 2.75) is 32.1 Å². The maximum absolute atomic E-state index is 13.0. The van der Waals surface area contributed by atoms with Crippen molar-refractivity contribution in [3.05, 3.63) is 0 Å². The fourth-order valence-corrected chi connectivity index (χ4v) is 5.24. The fraction of sp³-hybridized carbons (Fsp3) is 0.938. The Kier molecular flexibility index (Phi) is 7.63. The molecule has 2 aliphatic rings. The van der Waals surface area contributed by atoms with E-state index >= 15 is 0 Å². The molecule has 2 aliphatic heterocycles. The zero-order valence-corrected chi connectivity index (χ0v) is 16.1. The molecule has 25 heavy (non-hydrogen) atoms. The summed E-state index contributed by atoms with van der Waals surface area (Å²) in [5.74, 6) is -1.09. The van der Waals surface area contributed by atoms with Gasteiger partial charge >= 0.3 is 5.97 Å². The Labute approximate surface area is 150 Å². The first-order chi connectivity index (χ1) is 11.9. The Hall–Kier alpha value is -0.740. The van der Waals surface area contributed by atoms with E-state index in [2.05, 4.69) is 4.90 Å². The van der Waals surface area contributed by atoms with Crippen molar-refractivity contribution in [1.29, 1.82) is 0 Å². The van der Waals surface area contributed by atoms with Crippen molar-refractivity contribution >= 4 is 16.0 Å². The van der Waals surface area contributed by atoms with Crippen LogP contribution in [0.1, 0.15) is 26.7 Å². The summed E-state index contributed by atoms with van der Waals surface area (Å²) in [6.45, 7) is 8.83. The van der Waals surface area contributed by atoms with E-state index in [-0.39, 0.29) is 5.92 Å². The highest BCUT2D eigenvalue weighted by molar-refractivity contribution is 7.89. The van der Waals surface area contributed by atoms with Crippen molar-refractivity contribution in [1.82, 2.24) is 14.1 Å². The van der Waals surface area contributed by atoms with Crippen LogP contribution in [-0.2, 0) is 19.6 Å². The normalized spacial score (nSPS) is 24.7. The number of carbonyl (C=O) groups is 1. The van der Waals surface area contributed by atoms with Crippen molar-refractivity contribution in [2.75, 3.05) is 59.0 Å². The second-order valence-electron chi connectivity index (χ2n) is 6.82. The summed E-state index contributed by atoms with van der Waals surface area (Å²) in [6.07, 6.45) is 1.40. The van der Waals surface area contributed by atoms with Gasteiger partial charge in [0.25, 0.3) is 0 Å². The van der Waals surface area contributed by atoms with Gasteiger partial charge in [-0.3, -0.25) is 9.69 Å². The first-order valence-corrected chi connectivity index (χ1v) is 10.6. The van der Waals surface area contributed by atoms with Gasteiger partial charge in [0.05, 0.1) is 19.1 Å².